The molecule has 0 unspecified atom stereocenters. The summed E-state index contributed by atoms with van der Waals surface area (Å²) in [5.41, 5.74) is 5.30. The Morgan fingerprint density at radius 1 is 1.36 bits per heavy atom. The molecule has 1 aliphatic carbocycles. The molecule has 0 bridgehead atoms. The van der Waals surface area contributed by atoms with E-state index >= 15 is 0 Å². The number of nitrogens with two attached hydrogens (primary N) is 1. The summed E-state index contributed by atoms with van der Waals surface area (Å²) >= 11 is 1.42. The number of hydrogen-bond donors (Lipinski definition) is 6. The van der Waals surface area contributed by atoms with Crippen molar-refractivity contribution in [1.82, 2.24) is 10.0 Å². The average Bonchev–Trinajstić information content (AvgIpc) is 3.06. The number of thiophene rings is 1. The summed E-state index contributed by atoms with van der Waals surface area (Å²) in [6.07, 6.45) is 4.34. The number of nitrogens with one attached hydrogen (secondary N) is 3. The smallest absolute Gasteiger partial charge is 0.185 e. The Kier molecular flexibility index (Phi) is 6.37. The fraction of sp³-hybridized carbons (Fsp3) is 0.643. The van der Waals surface area contributed by atoms with Gasteiger partial charge < -0.3 is 16.2 Å². The van der Waals surface area contributed by atoms with Gasteiger partial charge in [-0.3, -0.25) is 14.3 Å². The summed E-state index contributed by atoms with van der Waals surface area (Å²) in [6, 6.07) is 3.68. The minimum Gasteiger partial charge on any atom is -0.384 e. The van der Waals surface area contributed by atoms with Crippen molar-refractivity contribution in [3.05, 3.63) is 17.5 Å². The van der Waals surface area contributed by atoms with Gasteiger partial charge in [0.15, 0.2) is 5.96 Å². The summed E-state index contributed by atoms with van der Waals surface area (Å²) in [4.78, 5) is 0. The first-order chi connectivity index (χ1) is 10.5. The van der Waals surface area contributed by atoms with E-state index in [1.165, 1.54) is 11.3 Å². The minimum absolute atomic E-state index is 0.0311. The molecule has 1 aromatic rings. The Bertz CT molecular complexity index is 513. The maximum atomic E-state index is 12.7. The van der Waals surface area contributed by atoms with Crippen LogP contribution < -0.4 is 15.8 Å². The average molecular weight is 347 g/mol. The van der Waals surface area contributed by atoms with Gasteiger partial charge in [-0.15, -0.1) is 11.3 Å². The van der Waals surface area contributed by atoms with Gasteiger partial charge in [0.25, 0.3) is 0 Å². The number of hydrogen-bond acceptors (Lipinski definition) is 4. The van der Waals surface area contributed by atoms with E-state index in [9.17, 15) is 9.32 Å². The quantitative estimate of drug-likeness (QED) is 0.250. The highest BCUT2D eigenvalue weighted by atomic mass is 32.3. The second kappa shape index (κ2) is 8.05. The molecule has 6 N–H and O–H groups in total. The van der Waals surface area contributed by atoms with E-state index in [-0.39, 0.29) is 11.9 Å². The Morgan fingerprint density at radius 2 is 2.00 bits per heavy atom. The third-order valence-corrected chi connectivity index (χ3v) is 8.07. The zero-order chi connectivity index (χ0) is 16.0. The molecule has 2 rings (SSSR count). The van der Waals surface area contributed by atoms with E-state index in [2.05, 4.69) is 10.0 Å². The van der Waals surface area contributed by atoms with Crippen LogP contribution in [0.5, 0.6) is 0 Å². The van der Waals surface area contributed by atoms with E-state index in [4.69, 9.17) is 11.1 Å². The van der Waals surface area contributed by atoms with Crippen molar-refractivity contribution in [3.63, 3.8) is 0 Å². The van der Waals surface area contributed by atoms with Gasteiger partial charge in [-0.05, 0) is 59.1 Å². The fourth-order valence-electron chi connectivity index (χ4n) is 2.84. The molecule has 1 aliphatic rings. The molecule has 0 aromatic carbocycles. The predicted molar refractivity (Wildman–Crippen MR) is 92.6 cm³/mol. The monoisotopic (exact) mass is 346 g/mol. The topological polar surface area (TPSA) is 111 Å². The van der Waals surface area contributed by atoms with Crippen LogP contribution in [0.1, 0.15) is 25.7 Å². The molecule has 22 heavy (non-hydrogen) atoms. The minimum atomic E-state index is -2.85. The van der Waals surface area contributed by atoms with Crippen LogP contribution in [0.3, 0.4) is 0 Å². The molecular weight excluding hydrogens is 320 g/mol. The zero-order valence-corrected chi connectivity index (χ0v) is 14.3. The van der Waals surface area contributed by atoms with Gasteiger partial charge >= 0.3 is 0 Å². The molecule has 0 saturated heterocycles. The van der Waals surface area contributed by atoms with Gasteiger partial charge in [0, 0.05) is 13.1 Å². The van der Waals surface area contributed by atoms with Crippen molar-refractivity contribution < 1.29 is 9.32 Å². The van der Waals surface area contributed by atoms with E-state index < -0.39 is 10.1 Å². The number of aliphatic hydroxyl groups is 1. The Balaban J connectivity index is 1.76. The van der Waals surface area contributed by atoms with Crippen LogP contribution in [0, 0.1) is 17.2 Å². The summed E-state index contributed by atoms with van der Waals surface area (Å²) in [7, 11) is -2.85. The maximum Gasteiger partial charge on any atom is 0.185 e. The lowest BCUT2D eigenvalue weighted by Crippen LogP contribution is -2.39. The van der Waals surface area contributed by atoms with Gasteiger partial charge in [0.1, 0.15) is 5.94 Å². The first-order valence-electron chi connectivity index (χ1n) is 7.60. The molecular formula is C14H26N4O2S2. The van der Waals surface area contributed by atoms with Crippen LogP contribution in [0.25, 0.3) is 0 Å². The standard InChI is InChI=1S/C14H26N4O2S2/c15-14(16)17-8-11-3-5-12(6-4-11)9-18-22(20,10-19)13-2-1-7-21-13/h1-2,7,11-12,19,22H,3-6,8-10H2,(H,18,20)(H4,15,16,17)/t11-,12-. The summed E-state index contributed by atoms with van der Waals surface area (Å²) in [6.45, 7) is 1.45. The summed E-state index contributed by atoms with van der Waals surface area (Å²) in [5.74, 6) is 0.755. The third kappa shape index (κ3) is 4.77. The molecule has 0 amide bonds. The van der Waals surface area contributed by atoms with Crippen LogP contribution in [-0.2, 0) is 10.1 Å². The lowest BCUT2D eigenvalue weighted by Gasteiger charge is -2.31. The van der Waals surface area contributed by atoms with Gasteiger partial charge in [-0.25, -0.2) is 0 Å². The predicted octanol–water partition coefficient (Wildman–Crippen LogP) is 0.868. The first kappa shape index (κ1) is 17.4. The maximum absolute atomic E-state index is 12.7. The van der Waals surface area contributed by atoms with Gasteiger partial charge in [-0.2, -0.15) is 0 Å². The number of rotatable bonds is 7. The molecule has 0 radical (unpaired) electrons. The fourth-order valence-corrected chi connectivity index (χ4v) is 5.80. The van der Waals surface area contributed by atoms with Crippen molar-refractivity contribution >= 4 is 27.4 Å². The summed E-state index contributed by atoms with van der Waals surface area (Å²) < 4.78 is 16.6. The molecule has 0 atom stereocenters. The largest absolute Gasteiger partial charge is 0.384 e. The molecule has 1 saturated carbocycles. The second-order valence-electron chi connectivity index (χ2n) is 5.88. The van der Waals surface area contributed by atoms with Crippen LogP contribution in [0.2, 0.25) is 0 Å². The number of thiol groups is 1. The highest BCUT2D eigenvalue weighted by molar-refractivity contribution is 8.02. The molecule has 6 nitrogen and oxygen atoms in total. The number of aliphatic hydroxyl groups excluding tert-OH is 1. The van der Waals surface area contributed by atoms with Gasteiger partial charge in [0.05, 0.1) is 4.21 Å². The van der Waals surface area contributed by atoms with Crippen LogP contribution >= 0.6 is 11.3 Å². The van der Waals surface area contributed by atoms with E-state index in [1.54, 1.807) is 0 Å². The van der Waals surface area contributed by atoms with Crippen molar-refractivity contribution in [2.75, 3.05) is 19.0 Å². The van der Waals surface area contributed by atoms with Crippen molar-refractivity contribution in [2.45, 2.75) is 29.9 Å². The highest BCUT2D eigenvalue weighted by Crippen LogP contribution is 2.29. The first-order valence-corrected chi connectivity index (χ1v) is 10.4. The lowest BCUT2D eigenvalue weighted by molar-refractivity contribution is 0.274. The molecule has 0 aliphatic heterocycles. The Morgan fingerprint density at radius 3 is 2.50 bits per heavy atom. The van der Waals surface area contributed by atoms with Gasteiger partial charge in [0.2, 0.25) is 0 Å². The second-order valence-corrected chi connectivity index (χ2v) is 9.69. The normalized spacial score (nSPS) is 23.1. The third-order valence-electron chi connectivity index (χ3n) is 4.24. The van der Waals surface area contributed by atoms with Crippen molar-refractivity contribution in [1.29, 1.82) is 5.41 Å². The van der Waals surface area contributed by atoms with E-state index in [0.29, 0.717) is 18.4 Å². The van der Waals surface area contributed by atoms with Crippen LogP contribution in [-0.4, -0.2) is 34.3 Å². The van der Waals surface area contributed by atoms with Crippen molar-refractivity contribution in [2.24, 2.45) is 17.6 Å². The van der Waals surface area contributed by atoms with E-state index in [1.807, 2.05) is 17.5 Å². The Hall–Kier alpha value is -0.960. The molecule has 8 heteroatoms. The van der Waals surface area contributed by atoms with Gasteiger partial charge in [-0.1, -0.05) is 6.07 Å². The number of guanidine groups is 1. The molecule has 1 aromatic heterocycles. The zero-order valence-electron chi connectivity index (χ0n) is 12.6. The van der Waals surface area contributed by atoms with Crippen molar-refractivity contribution in [3.8, 4) is 0 Å². The highest BCUT2D eigenvalue weighted by Gasteiger charge is 2.24. The van der Waals surface area contributed by atoms with Crippen LogP contribution in [0.4, 0.5) is 0 Å². The van der Waals surface area contributed by atoms with E-state index in [0.717, 1.165) is 36.4 Å². The Labute approximate surface area is 136 Å². The molecule has 1 fully saturated rings. The van der Waals surface area contributed by atoms with Crippen LogP contribution in [0.15, 0.2) is 21.7 Å². The summed E-state index contributed by atoms with van der Waals surface area (Å²) in [5, 5.41) is 21.4. The molecule has 126 valence electrons. The molecule has 0 spiro atoms. The molecule has 1 heterocycles. The SMILES string of the molecule is N=C(N)NC[C@H]1CC[C@H](CN[SH](=O)(CO)c2cccs2)CC1. The lowest BCUT2D eigenvalue weighted by atomic mass is 9.82.